The van der Waals surface area contributed by atoms with E-state index < -0.39 is 0 Å². The van der Waals surface area contributed by atoms with Crippen molar-refractivity contribution >= 4 is 11.8 Å². The molecule has 3 rings (SSSR count). The molecule has 1 aliphatic heterocycles. The standard InChI is InChI=1S/C15H24N2O2/c1-16(2)15(19)13-4-3-7-17(13)14(18)12-9-10-5-6-11(12)8-10/h10-13H,3-9H2,1-2H3. The van der Waals surface area contributed by atoms with Crippen molar-refractivity contribution in [2.45, 2.75) is 44.6 Å². The summed E-state index contributed by atoms with van der Waals surface area (Å²) in [5, 5.41) is 0. The lowest BCUT2D eigenvalue weighted by molar-refractivity contribution is -0.145. The predicted molar refractivity (Wildman–Crippen MR) is 72.4 cm³/mol. The number of carbonyl (C=O) groups excluding carboxylic acids is 2. The van der Waals surface area contributed by atoms with Gasteiger partial charge in [-0.15, -0.1) is 0 Å². The Morgan fingerprint density at radius 2 is 1.89 bits per heavy atom. The fourth-order valence-corrected chi connectivity index (χ4v) is 4.35. The Labute approximate surface area is 115 Å². The zero-order valence-corrected chi connectivity index (χ0v) is 12.0. The van der Waals surface area contributed by atoms with Gasteiger partial charge in [-0.2, -0.15) is 0 Å². The van der Waals surface area contributed by atoms with E-state index in [0.29, 0.717) is 5.92 Å². The van der Waals surface area contributed by atoms with Crippen molar-refractivity contribution in [3.05, 3.63) is 0 Å². The number of hydrogen-bond donors (Lipinski definition) is 0. The monoisotopic (exact) mass is 264 g/mol. The van der Waals surface area contributed by atoms with Crippen LogP contribution in [0.5, 0.6) is 0 Å². The maximum absolute atomic E-state index is 12.7. The van der Waals surface area contributed by atoms with Crippen molar-refractivity contribution in [3.8, 4) is 0 Å². The van der Waals surface area contributed by atoms with Crippen LogP contribution in [0.3, 0.4) is 0 Å². The molecule has 0 N–H and O–H groups in total. The van der Waals surface area contributed by atoms with Crippen molar-refractivity contribution in [2.75, 3.05) is 20.6 Å². The molecular formula is C15H24N2O2. The number of rotatable bonds is 2. The third-order valence-corrected chi connectivity index (χ3v) is 5.32. The number of amides is 2. The molecule has 2 bridgehead atoms. The highest BCUT2D eigenvalue weighted by molar-refractivity contribution is 5.89. The fourth-order valence-electron chi connectivity index (χ4n) is 4.35. The van der Waals surface area contributed by atoms with Crippen molar-refractivity contribution in [3.63, 3.8) is 0 Å². The molecule has 1 saturated heterocycles. The molecule has 2 amide bonds. The summed E-state index contributed by atoms with van der Waals surface area (Å²) in [5.41, 5.74) is 0. The molecule has 4 atom stereocenters. The van der Waals surface area contributed by atoms with Gasteiger partial charge < -0.3 is 9.80 Å². The highest BCUT2D eigenvalue weighted by atomic mass is 16.2. The van der Waals surface area contributed by atoms with E-state index in [1.807, 2.05) is 4.90 Å². The summed E-state index contributed by atoms with van der Waals surface area (Å²) in [7, 11) is 3.56. The second-order valence-electron chi connectivity index (χ2n) is 6.70. The fraction of sp³-hybridized carbons (Fsp3) is 0.867. The normalized spacial score (nSPS) is 36.8. The lowest BCUT2D eigenvalue weighted by Crippen LogP contribution is -2.48. The minimum atomic E-state index is -0.193. The molecule has 19 heavy (non-hydrogen) atoms. The molecule has 3 aliphatic rings. The van der Waals surface area contributed by atoms with E-state index >= 15 is 0 Å². The summed E-state index contributed by atoms with van der Waals surface area (Å²) in [6, 6.07) is -0.193. The van der Waals surface area contributed by atoms with Gasteiger partial charge in [0.2, 0.25) is 11.8 Å². The SMILES string of the molecule is CN(C)C(=O)C1CCCN1C(=O)C1CC2CCC1C2. The van der Waals surface area contributed by atoms with Gasteiger partial charge in [-0.1, -0.05) is 6.42 Å². The third-order valence-electron chi connectivity index (χ3n) is 5.32. The van der Waals surface area contributed by atoms with E-state index in [9.17, 15) is 9.59 Å². The molecule has 4 nitrogen and oxygen atoms in total. The highest BCUT2D eigenvalue weighted by Crippen LogP contribution is 2.49. The third kappa shape index (κ3) is 2.15. The number of fused-ring (bicyclic) bond motifs is 2. The molecule has 1 heterocycles. The van der Waals surface area contributed by atoms with Crippen LogP contribution in [0.1, 0.15) is 38.5 Å². The summed E-state index contributed by atoms with van der Waals surface area (Å²) in [6.07, 6.45) is 6.66. The maximum atomic E-state index is 12.7. The Kier molecular flexibility index (Phi) is 3.27. The highest BCUT2D eigenvalue weighted by Gasteiger charge is 2.47. The Morgan fingerprint density at radius 3 is 2.47 bits per heavy atom. The van der Waals surface area contributed by atoms with Gasteiger partial charge in [-0.25, -0.2) is 0 Å². The largest absolute Gasteiger partial charge is 0.347 e. The molecular weight excluding hydrogens is 240 g/mol. The molecule has 0 radical (unpaired) electrons. The molecule has 4 unspecified atom stereocenters. The van der Waals surface area contributed by atoms with Crippen LogP contribution in [-0.2, 0) is 9.59 Å². The number of nitrogens with zero attached hydrogens (tertiary/aromatic N) is 2. The lowest BCUT2D eigenvalue weighted by Gasteiger charge is -2.31. The molecule has 0 aromatic heterocycles. The van der Waals surface area contributed by atoms with Crippen LogP contribution in [0.2, 0.25) is 0 Å². The minimum Gasteiger partial charge on any atom is -0.347 e. The molecule has 0 aromatic carbocycles. The quantitative estimate of drug-likeness (QED) is 0.758. The van der Waals surface area contributed by atoms with Crippen molar-refractivity contribution in [2.24, 2.45) is 17.8 Å². The van der Waals surface area contributed by atoms with Gasteiger partial charge in [0.1, 0.15) is 6.04 Å². The van der Waals surface area contributed by atoms with Crippen LogP contribution < -0.4 is 0 Å². The molecule has 2 saturated carbocycles. The summed E-state index contributed by atoms with van der Waals surface area (Å²) < 4.78 is 0. The predicted octanol–water partition coefficient (Wildman–Crippen LogP) is 1.50. The smallest absolute Gasteiger partial charge is 0.244 e. The van der Waals surface area contributed by atoms with Crippen LogP contribution >= 0.6 is 0 Å². The lowest BCUT2D eigenvalue weighted by atomic mass is 9.87. The Bertz CT molecular complexity index is 394. The second-order valence-corrected chi connectivity index (χ2v) is 6.70. The number of likely N-dealkylation sites (tertiary alicyclic amines) is 1. The second kappa shape index (κ2) is 4.80. The van der Waals surface area contributed by atoms with Crippen LogP contribution in [-0.4, -0.2) is 48.3 Å². The molecule has 4 heteroatoms. The zero-order valence-electron chi connectivity index (χ0n) is 12.0. The first-order valence-electron chi connectivity index (χ1n) is 7.59. The van der Waals surface area contributed by atoms with Crippen molar-refractivity contribution < 1.29 is 9.59 Å². The van der Waals surface area contributed by atoms with Gasteiger partial charge in [-0.05, 0) is 43.9 Å². The van der Waals surface area contributed by atoms with E-state index in [4.69, 9.17) is 0 Å². The average Bonchev–Trinajstić information content (AvgIpc) is 3.11. The Morgan fingerprint density at radius 1 is 1.11 bits per heavy atom. The maximum Gasteiger partial charge on any atom is 0.244 e. The van der Waals surface area contributed by atoms with Crippen molar-refractivity contribution in [1.29, 1.82) is 0 Å². The summed E-state index contributed by atoms with van der Waals surface area (Å²) in [5.74, 6) is 1.96. The molecule has 0 aromatic rings. The van der Waals surface area contributed by atoms with Gasteiger partial charge in [0.05, 0.1) is 0 Å². The first kappa shape index (κ1) is 12.9. The van der Waals surface area contributed by atoms with E-state index in [1.165, 1.54) is 19.3 Å². The summed E-state index contributed by atoms with van der Waals surface area (Å²) >= 11 is 0. The van der Waals surface area contributed by atoms with Gasteiger partial charge in [0.15, 0.2) is 0 Å². The van der Waals surface area contributed by atoms with Gasteiger partial charge >= 0.3 is 0 Å². The molecule has 2 aliphatic carbocycles. The first-order chi connectivity index (χ1) is 9.08. The van der Waals surface area contributed by atoms with Gasteiger partial charge in [0, 0.05) is 26.6 Å². The Hall–Kier alpha value is -1.06. The van der Waals surface area contributed by atoms with E-state index in [0.717, 1.165) is 31.7 Å². The number of carbonyl (C=O) groups is 2. The Balaban J connectivity index is 1.70. The molecule has 106 valence electrons. The van der Waals surface area contributed by atoms with E-state index in [2.05, 4.69) is 0 Å². The molecule has 0 spiro atoms. The summed E-state index contributed by atoms with van der Waals surface area (Å²) in [6.45, 7) is 0.775. The average molecular weight is 264 g/mol. The van der Waals surface area contributed by atoms with Crippen molar-refractivity contribution in [1.82, 2.24) is 9.80 Å². The zero-order chi connectivity index (χ0) is 13.6. The number of hydrogen-bond acceptors (Lipinski definition) is 2. The summed E-state index contributed by atoms with van der Waals surface area (Å²) in [4.78, 5) is 28.4. The van der Waals surface area contributed by atoms with Crippen LogP contribution in [0.25, 0.3) is 0 Å². The van der Waals surface area contributed by atoms with E-state index in [-0.39, 0.29) is 23.8 Å². The molecule has 3 fully saturated rings. The van der Waals surface area contributed by atoms with Gasteiger partial charge in [0.25, 0.3) is 0 Å². The topological polar surface area (TPSA) is 40.6 Å². The first-order valence-corrected chi connectivity index (χ1v) is 7.59. The number of likely N-dealkylation sites (N-methyl/N-ethyl adjacent to an activating group) is 1. The van der Waals surface area contributed by atoms with Crippen LogP contribution in [0.4, 0.5) is 0 Å². The van der Waals surface area contributed by atoms with E-state index in [1.54, 1.807) is 19.0 Å². The van der Waals surface area contributed by atoms with Crippen LogP contribution in [0.15, 0.2) is 0 Å². The minimum absolute atomic E-state index is 0.0917. The van der Waals surface area contributed by atoms with Gasteiger partial charge in [-0.3, -0.25) is 9.59 Å². The van der Waals surface area contributed by atoms with Crippen LogP contribution in [0, 0.1) is 17.8 Å².